The van der Waals surface area contributed by atoms with Crippen LogP contribution in [0.15, 0.2) is 11.2 Å². The first-order valence-corrected chi connectivity index (χ1v) is 7.28. The molecule has 106 valence electrons. The minimum Gasteiger partial charge on any atom is -0.465 e. The average molecular weight is 288 g/mol. The smallest absolute Gasteiger partial charge is 0.342 e. The number of hydrogen-bond acceptors (Lipinski definition) is 6. The number of rotatable bonds is 3. The van der Waals surface area contributed by atoms with E-state index in [0.29, 0.717) is 25.9 Å². The Bertz CT molecular complexity index is 560. The van der Waals surface area contributed by atoms with E-state index in [1.165, 1.54) is 11.4 Å². The largest absolute Gasteiger partial charge is 0.465 e. The standard InChI is InChI=1S/C10H16N4O4S/c1-18-10(15)8-6-12-13-9(8)19(16,17)14-4-2-7(11)3-5-14/h6-7H,2-5,11H2,1H3,(H,12,13). The third kappa shape index (κ3) is 2.62. The number of methoxy groups -OCH3 is 1. The van der Waals surface area contributed by atoms with Crippen LogP contribution in [0.1, 0.15) is 23.2 Å². The molecule has 1 aliphatic rings. The summed E-state index contributed by atoms with van der Waals surface area (Å²) in [4.78, 5) is 11.5. The molecular formula is C10H16N4O4S. The van der Waals surface area contributed by atoms with Gasteiger partial charge in [0.2, 0.25) is 0 Å². The van der Waals surface area contributed by atoms with E-state index in [-0.39, 0.29) is 16.6 Å². The average Bonchev–Trinajstić information content (AvgIpc) is 2.88. The van der Waals surface area contributed by atoms with Gasteiger partial charge in [-0.05, 0) is 12.8 Å². The lowest BCUT2D eigenvalue weighted by molar-refractivity contribution is 0.0596. The Labute approximate surface area is 111 Å². The molecule has 3 N–H and O–H groups in total. The lowest BCUT2D eigenvalue weighted by Crippen LogP contribution is -2.43. The molecular weight excluding hydrogens is 272 g/mol. The van der Waals surface area contributed by atoms with Gasteiger partial charge in [-0.25, -0.2) is 13.2 Å². The van der Waals surface area contributed by atoms with Gasteiger partial charge in [0.1, 0.15) is 5.56 Å². The Kier molecular flexibility index (Phi) is 3.88. The number of esters is 1. The summed E-state index contributed by atoms with van der Waals surface area (Å²) >= 11 is 0. The fourth-order valence-corrected chi connectivity index (χ4v) is 3.50. The number of carbonyl (C=O) groups excluding carboxylic acids is 1. The molecule has 2 rings (SSSR count). The van der Waals surface area contributed by atoms with Crippen molar-refractivity contribution in [2.45, 2.75) is 23.9 Å². The molecule has 2 heterocycles. The van der Waals surface area contributed by atoms with Gasteiger partial charge in [0.05, 0.1) is 13.3 Å². The molecule has 9 heteroatoms. The highest BCUT2D eigenvalue weighted by atomic mass is 32.2. The second-order valence-electron chi connectivity index (χ2n) is 4.35. The maximum absolute atomic E-state index is 12.4. The predicted octanol–water partition coefficient (Wildman–Crippen LogP) is -0.692. The van der Waals surface area contributed by atoms with E-state index in [2.05, 4.69) is 14.9 Å². The van der Waals surface area contributed by atoms with Crippen LogP contribution in [0.2, 0.25) is 0 Å². The van der Waals surface area contributed by atoms with Gasteiger partial charge in [0, 0.05) is 19.1 Å². The van der Waals surface area contributed by atoms with Crippen LogP contribution in [0, 0.1) is 0 Å². The van der Waals surface area contributed by atoms with Gasteiger partial charge in [0.25, 0.3) is 10.0 Å². The van der Waals surface area contributed by atoms with Crippen molar-refractivity contribution in [1.29, 1.82) is 0 Å². The topological polar surface area (TPSA) is 118 Å². The van der Waals surface area contributed by atoms with Crippen LogP contribution in [0.5, 0.6) is 0 Å². The van der Waals surface area contributed by atoms with Gasteiger partial charge in [-0.3, -0.25) is 5.10 Å². The highest BCUT2D eigenvalue weighted by molar-refractivity contribution is 7.89. The van der Waals surface area contributed by atoms with Gasteiger partial charge < -0.3 is 10.5 Å². The lowest BCUT2D eigenvalue weighted by atomic mass is 10.1. The Morgan fingerprint density at radius 1 is 1.53 bits per heavy atom. The SMILES string of the molecule is COC(=O)c1cn[nH]c1S(=O)(=O)N1CCC(N)CC1. The molecule has 0 atom stereocenters. The number of H-pyrrole nitrogens is 1. The summed E-state index contributed by atoms with van der Waals surface area (Å²) in [6.45, 7) is 0.673. The van der Waals surface area contributed by atoms with Crippen molar-refractivity contribution < 1.29 is 17.9 Å². The van der Waals surface area contributed by atoms with Crippen LogP contribution in [-0.4, -0.2) is 55.1 Å². The van der Waals surface area contributed by atoms with Gasteiger partial charge in [0.15, 0.2) is 5.03 Å². The highest BCUT2D eigenvalue weighted by Crippen LogP contribution is 2.21. The van der Waals surface area contributed by atoms with Gasteiger partial charge in [-0.15, -0.1) is 0 Å². The summed E-state index contributed by atoms with van der Waals surface area (Å²) in [5.74, 6) is -0.735. The van der Waals surface area contributed by atoms with Gasteiger partial charge >= 0.3 is 5.97 Å². The predicted molar refractivity (Wildman–Crippen MR) is 65.9 cm³/mol. The molecule has 1 aliphatic heterocycles. The zero-order valence-corrected chi connectivity index (χ0v) is 11.3. The zero-order valence-electron chi connectivity index (χ0n) is 10.5. The number of nitrogens with two attached hydrogens (primary N) is 1. The molecule has 19 heavy (non-hydrogen) atoms. The number of aromatic nitrogens is 2. The number of sulfonamides is 1. The molecule has 0 amide bonds. The summed E-state index contributed by atoms with van der Waals surface area (Å²) in [5, 5.41) is 5.74. The molecule has 0 bridgehead atoms. The molecule has 0 aromatic carbocycles. The molecule has 0 saturated carbocycles. The molecule has 8 nitrogen and oxygen atoms in total. The number of nitrogens with zero attached hydrogens (tertiary/aromatic N) is 2. The molecule has 1 fully saturated rings. The summed E-state index contributed by atoms with van der Waals surface area (Å²) in [6.07, 6.45) is 2.34. The highest BCUT2D eigenvalue weighted by Gasteiger charge is 2.33. The van der Waals surface area contributed by atoms with E-state index in [4.69, 9.17) is 5.73 Å². The van der Waals surface area contributed by atoms with E-state index >= 15 is 0 Å². The molecule has 1 aromatic rings. The number of hydrogen-bond donors (Lipinski definition) is 2. The van der Waals surface area contributed by atoms with Crippen molar-refractivity contribution in [3.8, 4) is 0 Å². The van der Waals surface area contributed by atoms with Crippen LogP contribution in [-0.2, 0) is 14.8 Å². The van der Waals surface area contributed by atoms with E-state index in [1.54, 1.807) is 0 Å². The Hall–Kier alpha value is -1.45. The van der Waals surface area contributed by atoms with Crippen LogP contribution >= 0.6 is 0 Å². The number of piperidine rings is 1. The summed E-state index contributed by atoms with van der Waals surface area (Å²) in [6, 6.07) is 0.0216. The first kappa shape index (κ1) is 14.0. The van der Waals surface area contributed by atoms with Crippen molar-refractivity contribution >= 4 is 16.0 Å². The molecule has 0 unspecified atom stereocenters. The Balaban J connectivity index is 2.30. The number of nitrogens with one attached hydrogen (secondary N) is 1. The van der Waals surface area contributed by atoms with Gasteiger partial charge in [-0.2, -0.15) is 9.40 Å². The molecule has 1 saturated heterocycles. The fourth-order valence-electron chi connectivity index (χ4n) is 1.97. The quantitative estimate of drug-likeness (QED) is 0.710. The zero-order chi connectivity index (χ0) is 14.0. The summed E-state index contributed by atoms with van der Waals surface area (Å²) in [5.41, 5.74) is 5.66. The second kappa shape index (κ2) is 5.27. The van der Waals surface area contributed by atoms with Crippen LogP contribution in [0.4, 0.5) is 0 Å². The first-order chi connectivity index (χ1) is 8.96. The van der Waals surface area contributed by atoms with Crippen molar-refractivity contribution in [1.82, 2.24) is 14.5 Å². The minimum atomic E-state index is -3.77. The minimum absolute atomic E-state index is 0.0216. The number of carbonyl (C=O) groups is 1. The van der Waals surface area contributed by atoms with Crippen molar-refractivity contribution in [3.63, 3.8) is 0 Å². The van der Waals surface area contributed by atoms with E-state index in [9.17, 15) is 13.2 Å². The van der Waals surface area contributed by atoms with E-state index < -0.39 is 16.0 Å². The van der Waals surface area contributed by atoms with Crippen molar-refractivity contribution in [2.75, 3.05) is 20.2 Å². The fraction of sp³-hybridized carbons (Fsp3) is 0.600. The van der Waals surface area contributed by atoms with Gasteiger partial charge in [-0.1, -0.05) is 0 Å². The third-order valence-corrected chi connectivity index (χ3v) is 4.98. The molecule has 1 aromatic heterocycles. The number of aromatic amines is 1. The summed E-state index contributed by atoms with van der Waals surface area (Å²) < 4.78 is 30.6. The Morgan fingerprint density at radius 2 is 2.16 bits per heavy atom. The Morgan fingerprint density at radius 3 is 2.74 bits per heavy atom. The van der Waals surface area contributed by atoms with Crippen molar-refractivity contribution in [3.05, 3.63) is 11.8 Å². The van der Waals surface area contributed by atoms with Crippen LogP contribution < -0.4 is 5.73 Å². The van der Waals surface area contributed by atoms with Crippen molar-refractivity contribution in [2.24, 2.45) is 5.73 Å². The molecule has 0 spiro atoms. The molecule has 0 aliphatic carbocycles. The second-order valence-corrected chi connectivity index (χ2v) is 6.22. The normalized spacial score (nSPS) is 18.4. The first-order valence-electron chi connectivity index (χ1n) is 5.84. The van der Waals surface area contributed by atoms with E-state index in [1.807, 2.05) is 0 Å². The van der Waals surface area contributed by atoms with Crippen LogP contribution in [0.3, 0.4) is 0 Å². The van der Waals surface area contributed by atoms with Crippen LogP contribution in [0.25, 0.3) is 0 Å². The van der Waals surface area contributed by atoms with E-state index in [0.717, 1.165) is 6.20 Å². The summed E-state index contributed by atoms with van der Waals surface area (Å²) in [7, 11) is -2.58. The number of ether oxygens (including phenoxy) is 1. The molecule has 0 radical (unpaired) electrons. The third-order valence-electron chi connectivity index (χ3n) is 3.11. The maximum atomic E-state index is 12.4. The monoisotopic (exact) mass is 288 g/mol. The maximum Gasteiger partial charge on any atom is 0.342 e. The lowest BCUT2D eigenvalue weighted by Gasteiger charge is -2.28.